The van der Waals surface area contributed by atoms with E-state index >= 15 is 0 Å². The standard InChI is InChI=1S/C19H29N3O2/c1-15-9-11-16(12-10-15)21(3)17-6-5-13-22(14-17)19(24)8-4-7-18(23)20-2/h9-12,17H,4-8,13-14H2,1-3H3,(H,20,23). The van der Waals surface area contributed by atoms with Gasteiger partial charge in [0.05, 0.1) is 0 Å². The molecule has 5 heteroatoms. The first-order valence-corrected chi connectivity index (χ1v) is 8.79. The van der Waals surface area contributed by atoms with Gasteiger partial charge in [0, 0.05) is 51.8 Å². The number of carbonyl (C=O) groups excluding carboxylic acids is 2. The van der Waals surface area contributed by atoms with Gasteiger partial charge in [0.25, 0.3) is 0 Å². The maximum Gasteiger partial charge on any atom is 0.222 e. The molecule has 2 rings (SSSR count). The van der Waals surface area contributed by atoms with E-state index in [1.165, 1.54) is 11.3 Å². The van der Waals surface area contributed by atoms with Crippen molar-refractivity contribution >= 4 is 17.5 Å². The van der Waals surface area contributed by atoms with Gasteiger partial charge in [-0.05, 0) is 38.3 Å². The molecule has 1 aromatic carbocycles. The summed E-state index contributed by atoms with van der Waals surface area (Å²) in [5.74, 6) is 0.166. The van der Waals surface area contributed by atoms with Gasteiger partial charge in [-0.1, -0.05) is 17.7 Å². The van der Waals surface area contributed by atoms with E-state index in [0.29, 0.717) is 25.3 Å². The summed E-state index contributed by atoms with van der Waals surface area (Å²) in [6, 6.07) is 8.87. The van der Waals surface area contributed by atoms with Crippen molar-refractivity contribution in [2.45, 2.75) is 45.1 Å². The monoisotopic (exact) mass is 331 g/mol. The van der Waals surface area contributed by atoms with Gasteiger partial charge in [-0.3, -0.25) is 9.59 Å². The highest BCUT2D eigenvalue weighted by Crippen LogP contribution is 2.22. The molecule has 0 bridgehead atoms. The third-order valence-corrected chi connectivity index (χ3v) is 4.81. The van der Waals surface area contributed by atoms with Crippen molar-refractivity contribution in [2.24, 2.45) is 0 Å². The largest absolute Gasteiger partial charge is 0.370 e. The molecule has 1 aliphatic rings. The molecule has 1 aromatic rings. The topological polar surface area (TPSA) is 52.7 Å². The Morgan fingerprint density at radius 1 is 1.25 bits per heavy atom. The van der Waals surface area contributed by atoms with E-state index in [1.54, 1.807) is 7.05 Å². The first-order valence-electron chi connectivity index (χ1n) is 8.79. The van der Waals surface area contributed by atoms with Gasteiger partial charge in [-0.25, -0.2) is 0 Å². The number of likely N-dealkylation sites (N-methyl/N-ethyl adjacent to an activating group) is 1. The summed E-state index contributed by atoms with van der Waals surface area (Å²) in [4.78, 5) is 27.9. The maximum atomic E-state index is 12.4. The first-order chi connectivity index (χ1) is 11.5. The Labute approximate surface area is 145 Å². The minimum absolute atomic E-state index is 0.00146. The van der Waals surface area contributed by atoms with Crippen molar-refractivity contribution in [1.29, 1.82) is 0 Å². The normalized spacial score (nSPS) is 17.5. The fourth-order valence-electron chi connectivity index (χ4n) is 3.17. The number of carbonyl (C=O) groups is 2. The molecule has 0 aliphatic carbocycles. The van der Waals surface area contributed by atoms with Crippen molar-refractivity contribution in [3.05, 3.63) is 29.8 Å². The lowest BCUT2D eigenvalue weighted by Gasteiger charge is -2.39. The van der Waals surface area contributed by atoms with E-state index < -0.39 is 0 Å². The van der Waals surface area contributed by atoms with Crippen molar-refractivity contribution in [1.82, 2.24) is 10.2 Å². The summed E-state index contributed by atoms with van der Waals surface area (Å²) in [7, 11) is 3.73. The average Bonchev–Trinajstić information content (AvgIpc) is 2.61. The average molecular weight is 331 g/mol. The van der Waals surface area contributed by atoms with Crippen LogP contribution in [0.5, 0.6) is 0 Å². The van der Waals surface area contributed by atoms with Crippen LogP contribution in [0.2, 0.25) is 0 Å². The molecule has 1 heterocycles. The molecule has 0 aromatic heterocycles. The highest BCUT2D eigenvalue weighted by atomic mass is 16.2. The number of hydrogen-bond donors (Lipinski definition) is 1. The van der Waals surface area contributed by atoms with Gasteiger partial charge in [-0.2, -0.15) is 0 Å². The Morgan fingerprint density at radius 3 is 2.62 bits per heavy atom. The third kappa shape index (κ3) is 4.98. The van der Waals surface area contributed by atoms with Crippen LogP contribution in [-0.4, -0.2) is 49.9 Å². The van der Waals surface area contributed by atoms with Crippen LogP contribution in [0.4, 0.5) is 5.69 Å². The second-order valence-corrected chi connectivity index (χ2v) is 6.61. The highest BCUT2D eigenvalue weighted by Gasteiger charge is 2.26. The zero-order valence-corrected chi connectivity index (χ0v) is 15.0. The summed E-state index contributed by atoms with van der Waals surface area (Å²) in [5, 5.41) is 2.59. The number of nitrogens with one attached hydrogen (secondary N) is 1. The number of anilines is 1. The number of piperidine rings is 1. The van der Waals surface area contributed by atoms with E-state index in [0.717, 1.165) is 25.9 Å². The maximum absolute atomic E-state index is 12.4. The van der Waals surface area contributed by atoms with Crippen LogP contribution in [0.15, 0.2) is 24.3 Å². The Kier molecular flexibility index (Phi) is 6.64. The molecule has 1 unspecified atom stereocenters. The van der Waals surface area contributed by atoms with E-state index in [9.17, 15) is 9.59 Å². The SMILES string of the molecule is CNC(=O)CCCC(=O)N1CCCC(N(C)c2ccc(C)cc2)C1. The lowest BCUT2D eigenvalue weighted by atomic mass is 10.0. The van der Waals surface area contributed by atoms with Crippen LogP contribution in [0.1, 0.15) is 37.7 Å². The van der Waals surface area contributed by atoms with Crippen LogP contribution < -0.4 is 10.2 Å². The summed E-state index contributed by atoms with van der Waals surface area (Å²) in [5.41, 5.74) is 2.45. The summed E-state index contributed by atoms with van der Waals surface area (Å²) < 4.78 is 0. The molecule has 2 amide bonds. The molecule has 0 spiro atoms. The number of hydrogen-bond acceptors (Lipinski definition) is 3. The Morgan fingerprint density at radius 2 is 1.96 bits per heavy atom. The second-order valence-electron chi connectivity index (χ2n) is 6.61. The van der Waals surface area contributed by atoms with E-state index in [-0.39, 0.29) is 11.8 Å². The Hall–Kier alpha value is -2.04. The zero-order valence-electron chi connectivity index (χ0n) is 15.0. The number of rotatable bonds is 6. The van der Waals surface area contributed by atoms with Crippen LogP contribution in [0, 0.1) is 6.92 Å². The smallest absolute Gasteiger partial charge is 0.222 e. The molecule has 0 radical (unpaired) electrons. The number of benzene rings is 1. The van der Waals surface area contributed by atoms with Gasteiger partial charge in [0.1, 0.15) is 0 Å². The molecule has 24 heavy (non-hydrogen) atoms. The predicted molar refractivity (Wildman–Crippen MR) is 97.1 cm³/mol. The number of amides is 2. The summed E-state index contributed by atoms with van der Waals surface area (Å²) >= 11 is 0. The Bertz CT molecular complexity index is 556. The Balaban J connectivity index is 1.87. The summed E-state index contributed by atoms with van der Waals surface area (Å²) in [6.45, 7) is 3.68. The fraction of sp³-hybridized carbons (Fsp3) is 0.579. The lowest BCUT2D eigenvalue weighted by Crippen LogP contribution is -2.48. The molecule has 1 N–H and O–H groups in total. The van der Waals surface area contributed by atoms with Gasteiger partial charge in [0.15, 0.2) is 0 Å². The van der Waals surface area contributed by atoms with E-state index in [2.05, 4.69) is 48.5 Å². The molecule has 1 saturated heterocycles. The van der Waals surface area contributed by atoms with Gasteiger partial charge < -0.3 is 15.1 Å². The molecule has 5 nitrogen and oxygen atoms in total. The molecule has 132 valence electrons. The van der Waals surface area contributed by atoms with Gasteiger partial charge in [0.2, 0.25) is 11.8 Å². The molecule has 0 saturated carbocycles. The first kappa shape index (κ1) is 18.3. The lowest BCUT2D eigenvalue weighted by molar-refractivity contribution is -0.132. The molecule has 1 atom stereocenters. The zero-order chi connectivity index (χ0) is 17.5. The minimum Gasteiger partial charge on any atom is -0.370 e. The summed E-state index contributed by atoms with van der Waals surface area (Å²) in [6.07, 6.45) is 3.62. The number of likely N-dealkylation sites (tertiary alicyclic amines) is 1. The molecule has 1 aliphatic heterocycles. The molecule has 1 fully saturated rings. The third-order valence-electron chi connectivity index (χ3n) is 4.81. The quantitative estimate of drug-likeness (QED) is 0.870. The highest BCUT2D eigenvalue weighted by molar-refractivity contribution is 5.79. The van der Waals surface area contributed by atoms with E-state index in [1.807, 2.05) is 4.90 Å². The number of nitrogens with zero attached hydrogens (tertiary/aromatic N) is 2. The molecular weight excluding hydrogens is 302 g/mol. The van der Waals surface area contributed by atoms with E-state index in [4.69, 9.17) is 0 Å². The minimum atomic E-state index is -0.00146. The molecular formula is C19H29N3O2. The van der Waals surface area contributed by atoms with Crippen molar-refractivity contribution in [3.63, 3.8) is 0 Å². The van der Waals surface area contributed by atoms with Crippen molar-refractivity contribution in [2.75, 3.05) is 32.1 Å². The van der Waals surface area contributed by atoms with Crippen LogP contribution in [0.25, 0.3) is 0 Å². The van der Waals surface area contributed by atoms with Crippen LogP contribution >= 0.6 is 0 Å². The van der Waals surface area contributed by atoms with Crippen LogP contribution in [0.3, 0.4) is 0 Å². The fourth-order valence-corrected chi connectivity index (χ4v) is 3.17. The van der Waals surface area contributed by atoms with Gasteiger partial charge >= 0.3 is 0 Å². The van der Waals surface area contributed by atoms with Gasteiger partial charge in [-0.15, -0.1) is 0 Å². The van der Waals surface area contributed by atoms with Crippen molar-refractivity contribution in [3.8, 4) is 0 Å². The second kappa shape index (κ2) is 8.71. The predicted octanol–water partition coefficient (Wildman–Crippen LogP) is 2.34. The number of aryl methyl sites for hydroxylation is 1. The van der Waals surface area contributed by atoms with Crippen molar-refractivity contribution < 1.29 is 9.59 Å². The van der Waals surface area contributed by atoms with Crippen LogP contribution in [-0.2, 0) is 9.59 Å².